The van der Waals surface area contributed by atoms with E-state index in [1.54, 1.807) is 0 Å². The molecule has 88 valence electrons. The van der Waals surface area contributed by atoms with Crippen LogP contribution in [0.25, 0.3) is 0 Å². The average Bonchev–Trinajstić information content (AvgIpc) is 2.72. The minimum absolute atomic E-state index is 0.00000295. The van der Waals surface area contributed by atoms with Gasteiger partial charge in [-0.2, -0.15) is 0 Å². The van der Waals surface area contributed by atoms with Crippen molar-refractivity contribution >= 4 is 27.7 Å². The topological polar surface area (TPSA) is 94.0 Å². The Bertz CT molecular complexity index is 541. The van der Waals surface area contributed by atoms with Crippen molar-refractivity contribution < 1.29 is 9.42 Å². The van der Waals surface area contributed by atoms with Gasteiger partial charge in [-0.05, 0) is 28.0 Å². The van der Waals surface area contributed by atoms with Gasteiger partial charge in [0, 0.05) is 11.0 Å². The van der Waals surface area contributed by atoms with Crippen LogP contribution >= 0.6 is 15.9 Å². The molecule has 0 aliphatic carbocycles. The standard InChI is InChI=1S/C10H9BrN4O2/c11-7-3-1-2-6(4-7)5-13-10(16)8-9(12)15-17-14-8/h1-4H,5H2,(H2,12,15)(H,13,16). The van der Waals surface area contributed by atoms with Crippen molar-refractivity contribution in [1.29, 1.82) is 0 Å². The van der Waals surface area contributed by atoms with E-state index < -0.39 is 5.91 Å². The van der Waals surface area contributed by atoms with Gasteiger partial charge < -0.3 is 11.1 Å². The van der Waals surface area contributed by atoms with Crippen LogP contribution in [0.2, 0.25) is 0 Å². The molecule has 0 aliphatic rings. The summed E-state index contributed by atoms with van der Waals surface area (Å²) in [6.45, 7) is 0.380. The Balaban J connectivity index is 1.99. The largest absolute Gasteiger partial charge is 0.379 e. The van der Waals surface area contributed by atoms with Crippen molar-refractivity contribution in [2.75, 3.05) is 5.73 Å². The van der Waals surface area contributed by atoms with E-state index in [2.05, 4.69) is 36.2 Å². The van der Waals surface area contributed by atoms with E-state index in [0.29, 0.717) is 6.54 Å². The monoisotopic (exact) mass is 296 g/mol. The highest BCUT2D eigenvalue weighted by atomic mass is 79.9. The van der Waals surface area contributed by atoms with Crippen LogP contribution in [-0.2, 0) is 6.54 Å². The zero-order valence-corrected chi connectivity index (χ0v) is 10.3. The first-order chi connectivity index (χ1) is 8.16. The molecular weight excluding hydrogens is 288 g/mol. The third kappa shape index (κ3) is 2.82. The van der Waals surface area contributed by atoms with Gasteiger partial charge in [0.05, 0.1) is 0 Å². The Morgan fingerprint density at radius 1 is 1.47 bits per heavy atom. The second-order valence-corrected chi connectivity index (χ2v) is 4.23. The maximum atomic E-state index is 11.6. The minimum Gasteiger partial charge on any atom is -0.379 e. The van der Waals surface area contributed by atoms with Gasteiger partial charge in [-0.15, -0.1) is 0 Å². The first-order valence-electron chi connectivity index (χ1n) is 4.77. The number of carbonyl (C=O) groups is 1. The normalized spacial score (nSPS) is 10.2. The fourth-order valence-electron chi connectivity index (χ4n) is 1.27. The van der Waals surface area contributed by atoms with Gasteiger partial charge in [0.2, 0.25) is 11.5 Å². The van der Waals surface area contributed by atoms with Crippen LogP contribution in [-0.4, -0.2) is 16.2 Å². The molecule has 0 saturated heterocycles. The molecule has 0 bridgehead atoms. The number of benzene rings is 1. The highest BCUT2D eigenvalue weighted by molar-refractivity contribution is 9.10. The summed E-state index contributed by atoms with van der Waals surface area (Å²) in [6, 6.07) is 7.60. The van der Waals surface area contributed by atoms with E-state index in [1.165, 1.54) is 0 Å². The Labute approximate surface area is 105 Å². The highest BCUT2D eigenvalue weighted by Crippen LogP contribution is 2.11. The first kappa shape index (κ1) is 11.6. The third-order valence-corrected chi connectivity index (χ3v) is 2.56. The molecule has 0 saturated carbocycles. The first-order valence-corrected chi connectivity index (χ1v) is 5.57. The molecule has 0 aliphatic heterocycles. The van der Waals surface area contributed by atoms with E-state index in [-0.39, 0.29) is 11.5 Å². The number of nitrogens with two attached hydrogens (primary N) is 1. The number of amides is 1. The molecule has 17 heavy (non-hydrogen) atoms. The quantitative estimate of drug-likeness (QED) is 0.891. The minimum atomic E-state index is -0.413. The predicted molar refractivity (Wildman–Crippen MR) is 64.0 cm³/mol. The molecule has 0 spiro atoms. The Hall–Kier alpha value is -1.89. The lowest BCUT2D eigenvalue weighted by Gasteiger charge is -2.03. The van der Waals surface area contributed by atoms with Crippen LogP contribution in [0.15, 0.2) is 33.4 Å². The van der Waals surface area contributed by atoms with E-state index in [9.17, 15) is 4.79 Å². The number of hydrogen-bond acceptors (Lipinski definition) is 5. The van der Waals surface area contributed by atoms with Gasteiger partial charge in [0.15, 0.2) is 0 Å². The van der Waals surface area contributed by atoms with Gasteiger partial charge >= 0.3 is 0 Å². The van der Waals surface area contributed by atoms with Crippen molar-refractivity contribution in [3.05, 3.63) is 40.0 Å². The van der Waals surface area contributed by atoms with Crippen molar-refractivity contribution in [3.63, 3.8) is 0 Å². The lowest BCUT2D eigenvalue weighted by Crippen LogP contribution is -2.24. The molecule has 6 nitrogen and oxygen atoms in total. The molecular formula is C10H9BrN4O2. The number of nitrogen functional groups attached to an aromatic ring is 1. The van der Waals surface area contributed by atoms with Crippen LogP contribution in [0.4, 0.5) is 5.82 Å². The summed E-state index contributed by atoms with van der Waals surface area (Å²) < 4.78 is 5.30. The maximum Gasteiger partial charge on any atom is 0.277 e. The smallest absolute Gasteiger partial charge is 0.277 e. The molecule has 1 amide bonds. The summed E-state index contributed by atoms with van der Waals surface area (Å²) in [5.74, 6) is -0.430. The second-order valence-electron chi connectivity index (χ2n) is 3.31. The number of nitrogens with one attached hydrogen (secondary N) is 1. The number of anilines is 1. The molecule has 7 heteroatoms. The number of aromatic nitrogens is 2. The Kier molecular flexibility index (Phi) is 3.38. The van der Waals surface area contributed by atoms with E-state index in [0.717, 1.165) is 10.0 Å². The van der Waals surface area contributed by atoms with Crippen LogP contribution in [0.3, 0.4) is 0 Å². The number of hydrogen-bond donors (Lipinski definition) is 2. The van der Waals surface area contributed by atoms with Crippen molar-refractivity contribution in [2.45, 2.75) is 6.54 Å². The fourth-order valence-corrected chi connectivity index (χ4v) is 1.71. The summed E-state index contributed by atoms with van der Waals surface area (Å²) in [4.78, 5) is 11.6. The van der Waals surface area contributed by atoms with Crippen LogP contribution in [0, 0.1) is 0 Å². The van der Waals surface area contributed by atoms with E-state index >= 15 is 0 Å². The predicted octanol–water partition coefficient (Wildman–Crippen LogP) is 1.34. The maximum absolute atomic E-state index is 11.6. The lowest BCUT2D eigenvalue weighted by molar-refractivity contribution is 0.0941. The summed E-state index contributed by atoms with van der Waals surface area (Å²) >= 11 is 3.35. The molecule has 1 aromatic heterocycles. The summed E-state index contributed by atoms with van der Waals surface area (Å²) in [6.07, 6.45) is 0. The molecule has 3 N–H and O–H groups in total. The third-order valence-electron chi connectivity index (χ3n) is 2.07. The Morgan fingerprint density at radius 2 is 2.29 bits per heavy atom. The molecule has 2 rings (SSSR count). The average molecular weight is 297 g/mol. The second kappa shape index (κ2) is 4.96. The van der Waals surface area contributed by atoms with E-state index in [4.69, 9.17) is 5.73 Å². The molecule has 0 unspecified atom stereocenters. The van der Waals surface area contributed by atoms with Crippen LogP contribution in [0.5, 0.6) is 0 Å². The molecule has 0 atom stereocenters. The van der Waals surface area contributed by atoms with Gasteiger partial charge in [-0.25, -0.2) is 4.63 Å². The van der Waals surface area contributed by atoms with Crippen molar-refractivity contribution in [1.82, 2.24) is 15.6 Å². The SMILES string of the molecule is Nc1nonc1C(=O)NCc1cccc(Br)c1. The molecule has 1 heterocycles. The molecule has 0 radical (unpaired) electrons. The summed E-state index contributed by atoms with van der Waals surface area (Å²) in [5, 5.41) is 9.41. The number of carbonyl (C=O) groups excluding carboxylic acids is 1. The van der Waals surface area contributed by atoms with Crippen LogP contribution in [0.1, 0.15) is 16.1 Å². The molecule has 1 aromatic carbocycles. The van der Waals surface area contributed by atoms with Gasteiger partial charge in [0.1, 0.15) is 0 Å². The summed E-state index contributed by atoms with van der Waals surface area (Å²) in [5.41, 5.74) is 6.36. The summed E-state index contributed by atoms with van der Waals surface area (Å²) in [7, 11) is 0. The zero-order chi connectivity index (χ0) is 12.3. The van der Waals surface area contributed by atoms with Crippen LogP contribution < -0.4 is 11.1 Å². The lowest BCUT2D eigenvalue weighted by atomic mass is 10.2. The number of halogens is 1. The molecule has 0 fully saturated rings. The van der Waals surface area contributed by atoms with E-state index in [1.807, 2.05) is 24.3 Å². The highest BCUT2D eigenvalue weighted by Gasteiger charge is 2.15. The fraction of sp³-hybridized carbons (Fsp3) is 0.100. The van der Waals surface area contributed by atoms with Crippen molar-refractivity contribution in [3.8, 4) is 0 Å². The van der Waals surface area contributed by atoms with Gasteiger partial charge in [-0.3, -0.25) is 4.79 Å². The number of rotatable bonds is 3. The number of nitrogens with zero attached hydrogens (tertiary/aromatic N) is 2. The Morgan fingerprint density at radius 3 is 2.94 bits per heavy atom. The zero-order valence-electron chi connectivity index (χ0n) is 8.68. The van der Waals surface area contributed by atoms with Gasteiger partial charge in [0.25, 0.3) is 5.91 Å². The molecule has 2 aromatic rings. The van der Waals surface area contributed by atoms with Gasteiger partial charge in [-0.1, -0.05) is 28.1 Å². The van der Waals surface area contributed by atoms with Crippen molar-refractivity contribution in [2.24, 2.45) is 0 Å².